The molecule has 106 valence electrons. The third kappa shape index (κ3) is 2.87. The summed E-state index contributed by atoms with van der Waals surface area (Å²) in [6.07, 6.45) is 4.10. The molecule has 1 aromatic carbocycles. The van der Waals surface area contributed by atoms with Gasteiger partial charge in [0.25, 0.3) is 0 Å². The normalized spacial score (nSPS) is 27.8. The summed E-state index contributed by atoms with van der Waals surface area (Å²) in [6, 6.07) is 11.6. The van der Waals surface area contributed by atoms with Crippen LogP contribution in [0.3, 0.4) is 0 Å². The molecule has 2 heterocycles. The molecule has 0 aromatic heterocycles. The van der Waals surface area contributed by atoms with E-state index in [1.54, 1.807) is 0 Å². The molecule has 3 nitrogen and oxygen atoms in total. The van der Waals surface area contributed by atoms with Crippen LogP contribution in [0.2, 0.25) is 0 Å². The fraction of sp³-hybridized carbons (Fsp3) is 0.588. The summed E-state index contributed by atoms with van der Waals surface area (Å²) in [4.78, 5) is 5.26. The standard InChI is InChI=1S/C17H23N3/c1-14-11-19-8-3-2-7-17(19)13-20(14)12-16-6-4-5-15(9-16)10-18/h4-6,9,14,17H,2-3,7-8,11-13H2,1H3. The molecule has 2 atom stereocenters. The van der Waals surface area contributed by atoms with E-state index in [4.69, 9.17) is 5.26 Å². The average Bonchev–Trinajstić information content (AvgIpc) is 2.48. The fourth-order valence-electron chi connectivity index (χ4n) is 3.61. The number of piperazine rings is 1. The molecular weight excluding hydrogens is 246 g/mol. The lowest BCUT2D eigenvalue weighted by Gasteiger charge is -2.47. The van der Waals surface area contributed by atoms with Crippen molar-refractivity contribution in [3.05, 3.63) is 35.4 Å². The number of rotatable bonds is 2. The molecule has 0 spiro atoms. The van der Waals surface area contributed by atoms with Gasteiger partial charge in [0.15, 0.2) is 0 Å². The Morgan fingerprint density at radius 3 is 3.05 bits per heavy atom. The molecule has 2 aliphatic heterocycles. The van der Waals surface area contributed by atoms with Crippen molar-refractivity contribution in [3.8, 4) is 6.07 Å². The molecule has 2 fully saturated rings. The second-order valence-electron chi connectivity index (χ2n) is 6.24. The van der Waals surface area contributed by atoms with Crippen molar-refractivity contribution < 1.29 is 0 Å². The lowest BCUT2D eigenvalue weighted by Crippen LogP contribution is -2.58. The number of hydrogen-bond acceptors (Lipinski definition) is 3. The van der Waals surface area contributed by atoms with E-state index in [0.717, 1.165) is 18.2 Å². The Balaban J connectivity index is 1.68. The molecule has 20 heavy (non-hydrogen) atoms. The Morgan fingerprint density at radius 2 is 2.20 bits per heavy atom. The third-order valence-electron chi connectivity index (χ3n) is 4.76. The topological polar surface area (TPSA) is 30.3 Å². The minimum Gasteiger partial charge on any atom is -0.298 e. The van der Waals surface area contributed by atoms with Crippen molar-refractivity contribution in [2.24, 2.45) is 0 Å². The lowest BCUT2D eigenvalue weighted by atomic mass is 9.96. The highest BCUT2D eigenvalue weighted by atomic mass is 15.3. The summed E-state index contributed by atoms with van der Waals surface area (Å²) in [5, 5.41) is 9.00. The molecule has 0 radical (unpaired) electrons. The van der Waals surface area contributed by atoms with Crippen molar-refractivity contribution in [1.29, 1.82) is 5.26 Å². The van der Waals surface area contributed by atoms with E-state index in [-0.39, 0.29) is 0 Å². The van der Waals surface area contributed by atoms with Gasteiger partial charge in [-0.3, -0.25) is 9.80 Å². The van der Waals surface area contributed by atoms with Gasteiger partial charge in [0, 0.05) is 31.7 Å². The van der Waals surface area contributed by atoms with Gasteiger partial charge in [0.1, 0.15) is 0 Å². The van der Waals surface area contributed by atoms with Gasteiger partial charge in [-0.25, -0.2) is 0 Å². The monoisotopic (exact) mass is 269 g/mol. The van der Waals surface area contributed by atoms with E-state index in [9.17, 15) is 0 Å². The zero-order valence-electron chi connectivity index (χ0n) is 12.3. The van der Waals surface area contributed by atoms with Crippen LogP contribution >= 0.6 is 0 Å². The first-order chi connectivity index (χ1) is 9.76. The molecule has 0 N–H and O–H groups in total. The predicted octanol–water partition coefficient (Wildman–Crippen LogP) is 2.62. The molecule has 0 saturated carbocycles. The van der Waals surface area contributed by atoms with Gasteiger partial charge in [0.05, 0.1) is 11.6 Å². The number of nitrogens with zero attached hydrogens (tertiary/aromatic N) is 3. The van der Waals surface area contributed by atoms with Gasteiger partial charge < -0.3 is 0 Å². The van der Waals surface area contributed by atoms with E-state index in [1.807, 2.05) is 18.2 Å². The smallest absolute Gasteiger partial charge is 0.0991 e. The van der Waals surface area contributed by atoms with Crippen LogP contribution in [-0.4, -0.2) is 41.5 Å². The maximum absolute atomic E-state index is 9.00. The second-order valence-corrected chi connectivity index (χ2v) is 6.24. The Morgan fingerprint density at radius 1 is 1.30 bits per heavy atom. The van der Waals surface area contributed by atoms with Crippen LogP contribution in [0.15, 0.2) is 24.3 Å². The van der Waals surface area contributed by atoms with Gasteiger partial charge in [-0.2, -0.15) is 5.26 Å². The highest BCUT2D eigenvalue weighted by molar-refractivity contribution is 5.32. The molecule has 2 unspecified atom stereocenters. The number of nitriles is 1. The minimum absolute atomic E-state index is 0.607. The first-order valence-corrected chi connectivity index (χ1v) is 7.73. The molecule has 0 aliphatic carbocycles. The zero-order chi connectivity index (χ0) is 13.9. The molecule has 0 amide bonds. The number of benzene rings is 1. The molecular formula is C17H23N3. The van der Waals surface area contributed by atoms with Gasteiger partial charge in [0.2, 0.25) is 0 Å². The summed E-state index contributed by atoms with van der Waals surface area (Å²) >= 11 is 0. The summed E-state index contributed by atoms with van der Waals surface area (Å²) in [5.74, 6) is 0. The average molecular weight is 269 g/mol. The summed E-state index contributed by atoms with van der Waals surface area (Å²) in [5.41, 5.74) is 2.03. The van der Waals surface area contributed by atoms with Crippen LogP contribution in [0.4, 0.5) is 0 Å². The number of fused-ring (bicyclic) bond motifs is 1. The SMILES string of the molecule is CC1CN2CCCCC2CN1Cc1cccc(C#N)c1. The highest BCUT2D eigenvalue weighted by Gasteiger charge is 2.32. The largest absolute Gasteiger partial charge is 0.298 e. The number of piperidine rings is 1. The maximum atomic E-state index is 9.00. The van der Waals surface area contributed by atoms with Crippen molar-refractivity contribution in [1.82, 2.24) is 9.80 Å². The van der Waals surface area contributed by atoms with Crippen molar-refractivity contribution >= 4 is 0 Å². The third-order valence-corrected chi connectivity index (χ3v) is 4.76. The molecule has 0 bridgehead atoms. The van der Waals surface area contributed by atoms with Crippen molar-refractivity contribution in [3.63, 3.8) is 0 Å². The van der Waals surface area contributed by atoms with E-state index >= 15 is 0 Å². The molecule has 3 rings (SSSR count). The van der Waals surface area contributed by atoms with E-state index in [1.165, 1.54) is 44.5 Å². The summed E-state index contributed by atoms with van der Waals surface area (Å²) in [6.45, 7) is 6.97. The molecule has 1 aromatic rings. The second kappa shape index (κ2) is 5.95. The van der Waals surface area contributed by atoms with Crippen LogP contribution in [-0.2, 0) is 6.54 Å². The van der Waals surface area contributed by atoms with Crippen LogP contribution in [0.1, 0.15) is 37.3 Å². The minimum atomic E-state index is 0.607. The quantitative estimate of drug-likeness (QED) is 0.827. The summed E-state index contributed by atoms with van der Waals surface area (Å²) in [7, 11) is 0. The van der Waals surface area contributed by atoms with E-state index in [0.29, 0.717) is 6.04 Å². The molecule has 2 saturated heterocycles. The van der Waals surface area contributed by atoms with Gasteiger partial charge >= 0.3 is 0 Å². The molecule has 3 heteroatoms. The van der Waals surface area contributed by atoms with Crippen LogP contribution in [0, 0.1) is 11.3 Å². The van der Waals surface area contributed by atoms with Gasteiger partial charge in [-0.15, -0.1) is 0 Å². The molecule has 2 aliphatic rings. The van der Waals surface area contributed by atoms with E-state index in [2.05, 4.69) is 28.9 Å². The Labute approximate surface area is 121 Å². The van der Waals surface area contributed by atoms with E-state index < -0.39 is 0 Å². The number of hydrogen-bond donors (Lipinski definition) is 0. The summed E-state index contributed by atoms with van der Waals surface area (Å²) < 4.78 is 0. The highest BCUT2D eigenvalue weighted by Crippen LogP contribution is 2.25. The Bertz CT molecular complexity index is 505. The Kier molecular flexibility index (Phi) is 4.05. The van der Waals surface area contributed by atoms with Crippen molar-refractivity contribution in [2.45, 2.75) is 44.8 Å². The Hall–Kier alpha value is -1.37. The van der Waals surface area contributed by atoms with Gasteiger partial charge in [-0.1, -0.05) is 18.6 Å². The first kappa shape index (κ1) is 13.6. The lowest BCUT2D eigenvalue weighted by molar-refractivity contribution is 0.0111. The predicted molar refractivity (Wildman–Crippen MR) is 80.2 cm³/mol. The van der Waals surface area contributed by atoms with Gasteiger partial charge in [-0.05, 0) is 44.0 Å². The van der Waals surface area contributed by atoms with Crippen LogP contribution < -0.4 is 0 Å². The van der Waals surface area contributed by atoms with Crippen LogP contribution in [0.5, 0.6) is 0 Å². The zero-order valence-corrected chi connectivity index (χ0v) is 12.3. The fourth-order valence-corrected chi connectivity index (χ4v) is 3.61. The van der Waals surface area contributed by atoms with Crippen molar-refractivity contribution in [2.75, 3.05) is 19.6 Å². The first-order valence-electron chi connectivity index (χ1n) is 7.73. The maximum Gasteiger partial charge on any atom is 0.0991 e. The van der Waals surface area contributed by atoms with Crippen LogP contribution in [0.25, 0.3) is 0 Å².